The molecule has 0 aromatic heterocycles. The van der Waals surface area contributed by atoms with Gasteiger partial charge in [-0.1, -0.05) is 49.1 Å². The average molecular weight is 500 g/mol. The largest absolute Gasteiger partial charge is 0.487 e. The van der Waals surface area contributed by atoms with E-state index in [-0.39, 0.29) is 30.1 Å². The van der Waals surface area contributed by atoms with Crippen LogP contribution < -0.4 is 4.74 Å². The highest BCUT2D eigenvalue weighted by Crippen LogP contribution is 2.34. The molecule has 1 aliphatic heterocycles. The van der Waals surface area contributed by atoms with Crippen molar-refractivity contribution in [3.63, 3.8) is 0 Å². The van der Waals surface area contributed by atoms with Gasteiger partial charge in [0, 0.05) is 37.2 Å². The molecule has 3 atom stereocenters. The molecule has 2 aromatic carbocycles. The van der Waals surface area contributed by atoms with Crippen LogP contribution in [0, 0.1) is 17.8 Å². The van der Waals surface area contributed by atoms with E-state index in [9.17, 15) is 13.5 Å². The van der Waals surface area contributed by atoms with Crippen molar-refractivity contribution in [1.29, 1.82) is 0 Å². The van der Waals surface area contributed by atoms with Crippen molar-refractivity contribution in [2.75, 3.05) is 47.4 Å². The number of sulfonamides is 1. The predicted molar refractivity (Wildman–Crippen MR) is 139 cm³/mol. The molecule has 0 unspecified atom stereocenters. The second kappa shape index (κ2) is 12.0. The average Bonchev–Trinajstić information content (AvgIpc) is 2.81. The summed E-state index contributed by atoms with van der Waals surface area (Å²) in [5.74, 6) is 6.40. The number of fused-ring (bicyclic) bond motifs is 1. The Hall–Kier alpha value is -2.41. The fourth-order valence-electron chi connectivity index (χ4n) is 4.09. The summed E-state index contributed by atoms with van der Waals surface area (Å²) in [5.41, 5.74) is 1.90. The monoisotopic (exact) mass is 499 g/mol. The Labute approximate surface area is 210 Å². The van der Waals surface area contributed by atoms with Gasteiger partial charge < -0.3 is 9.84 Å². The molecule has 0 amide bonds. The number of aliphatic hydroxyl groups is 1. The minimum atomic E-state index is -3.86. The number of aliphatic hydroxyl groups excluding tert-OH is 1. The minimum Gasteiger partial charge on any atom is -0.487 e. The molecule has 0 bridgehead atoms. The lowest BCUT2D eigenvalue weighted by molar-refractivity contribution is 0.0733. The first-order chi connectivity index (χ1) is 16.6. The van der Waals surface area contributed by atoms with Crippen molar-refractivity contribution in [1.82, 2.24) is 14.1 Å². The zero-order valence-electron chi connectivity index (χ0n) is 21.3. The molecule has 190 valence electrons. The van der Waals surface area contributed by atoms with E-state index >= 15 is 0 Å². The fraction of sp³-hybridized carbons (Fsp3) is 0.481. The summed E-state index contributed by atoms with van der Waals surface area (Å²) < 4.78 is 35.0. The van der Waals surface area contributed by atoms with Gasteiger partial charge in [-0.2, -0.15) is 4.31 Å². The van der Waals surface area contributed by atoms with Gasteiger partial charge in [0.1, 0.15) is 16.7 Å². The van der Waals surface area contributed by atoms with Crippen LogP contribution in [0.4, 0.5) is 0 Å². The summed E-state index contributed by atoms with van der Waals surface area (Å²) >= 11 is 0. The quantitative estimate of drug-likeness (QED) is 0.591. The maximum atomic E-state index is 13.6. The molecule has 0 aliphatic carbocycles. The van der Waals surface area contributed by atoms with E-state index in [1.807, 2.05) is 51.2 Å². The fourth-order valence-corrected chi connectivity index (χ4v) is 5.91. The van der Waals surface area contributed by atoms with Gasteiger partial charge in [-0.05, 0) is 51.8 Å². The van der Waals surface area contributed by atoms with E-state index in [4.69, 9.17) is 4.74 Å². The molecule has 0 spiro atoms. The Balaban J connectivity index is 1.97. The van der Waals surface area contributed by atoms with Gasteiger partial charge in [-0.25, -0.2) is 8.42 Å². The van der Waals surface area contributed by atoms with Crippen molar-refractivity contribution in [3.05, 3.63) is 59.7 Å². The van der Waals surface area contributed by atoms with Gasteiger partial charge in [0.15, 0.2) is 0 Å². The van der Waals surface area contributed by atoms with Crippen molar-refractivity contribution in [2.45, 2.75) is 37.4 Å². The van der Waals surface area contributed by atoms with Crippen LogP contribution >= 0.6 is 0 Å². The lowest BCUT2D eigenvalue weighted by atomic mass is 10.0. The number of hydrogen-bond donors (Lipinski definition) is 1. The Morgan fingerprint density at radius 1 is 1.17 bits per heavy atom. The number of benzene rings is 2. The lowest BCUT2D eigenvalue weighted by Gasteiger charge is -2.37. The van der Waals surface area contributed by atoms with Gasteiger partial charge in [0.2, 0.25) is 10.0 Å². The summed E-state index contributed by atoms with van der Waals surface area (Å²) in [6, 6.07) is 14.7. The van der Waals surface area contributed by atoms with E-state index in [0.29, 0.717) is 24.4 Å². The van der Waals surface area contributed by atoms with E-state index in [0.717, 1.165) is 6.54 Å². The third kappa shape index (κ3) is 7.06. The summed E-state index contributed by atoms with van der Waals surface area (Å²) in [4.78, 5) is 4.27. The SMILES string of the molecule is C[C@H]1CN([C@@H](C)CO)S(=O)(=O)c2ccc(C#CCN(C)C)cc2O[C@H]1CN(C)Cc1ccccc1. The van der Waals surface area contributed by atoms with Crippen molar-refractivity contribution in [2.24, 2.45) is 5.92 Å². The van der Waals surface area contributed by atoms with E-state index < -0.39 is 16.1 Å². The zero-order chi connectivity index (χ0) is 25.6. The molecule has 3 rings (SSSR count). The van der Waals surface area contributed by atoms with Gasteiger partial charge in [-0.15, -0.1) is 0 Å². The maximum absolute atomic E-state index is 13.6. The summed E-state index contributed by atoms with van der Waals surface area (Å²) in [6.45, 7) is 5.71. The van der Waals surface area contributed by atoms with Crippen LogP contribution in [-0.4, -0.2) is 87.2 Å². The number of likely N-dealkylation sites (N-methyl/N-ethyl adjacent to an activating group) is 1. The summed E-state index contributed by atoms with van der Waals surface area (Å²) in [7, 11) is 2.07. The molecule has 0 radical (unpaired) electrons. The van der Waals surface area contributed by atoms with Crippen LogP contribution in [0.5, 0.6) is 5.75 Å². The topological polar surface area (TPSA) is 73.3 Å². The van der Waals surface area contributed by atoms with Crippen LogP contribution in [0.2, 0.25) is 0 Å². The molecule has 1 aliphatic rings. The molecule has 0 saturated carbocycles. The smallest absolute Gasteiger partial charge is 0.247 e. The Morgan fingerprint density at radius 2 is 1.89 bits per heavy atom. The highest BCUT2D eigenvalue weighted by Gasteiger charge is 2.38. The molecule has 1 heterocycles. The van der Waals surface area contributed by atoms with Crippen LogP contribution in [0.15, 0.2) is 53.4 Å². The molecule has 2 aromatic rings. The first-order valence-electron chi connectivity index (χ1n) is 11.9. The number of hydrogen-bond acceptors (Lipinski definition) is 6. The molecular formula is C27H37N3O4S. The van der Waals surface area contributed by atoms with Crippen molar-refractivity contribution < 1.29 is 18.3 Å². The molecule has 0 fully saturated rings. The third-order valence-electron chi connectivity index (χ3n) is 6.08. The molecule has 0 saturated heterocycles. The predicted octanol–water partition coefficient (Wildman–Crippen LogP) is 2.50. The van der Waals surface area contributed by atoms with Gasteiger partial charge in [-0.3, -0.25) is 9.80 Å². The van der Waals surface area contributed by atoms with Crippen LogP contribution in [0.25, 0.3) is 0 Å². The Bertz CT molecular complexity index is 1140. The molecular weight excluding hydrogens is 462 g/mol. The van der Waals surface area contributed by atoms with E-state index in [2.05, 4.69) is 28.9 Å². The first-order valence-corrected chi connectivity index (χ1v) is 13.3. The zero-order valence-corrected chi connectivity index (χ0v) is 22.1. The van der Waals surface area contributed by atoms with Gasteiger partial charge in [0.05, 0.1) is 13.2 Å². The first kappa shape index (κ1) is 27.2. The number of rotatable bonds is 7. The number of nitrogens with zero attached hydrogens (tertiary/aromatic N) is 3. The van der Waals surface area contributed by atoms with Gasteiger partial charge in [0.25, 0.3) is 0 Å². The highest BCUT2D eigenvalue weighted by atomic mass is 32.2. The molecule has 7 nitrogen and oxygen atoms in total. The maximum Gasteiger partial charge on any atom is 0.247 e. The van der Waals surface area contributed by atoms with Gasteiger partial charge >= 0.3 is 0 Å². The Kier molecular flexibility index (Phi) is 9.34. The Morgan fingerprint density at radius 3 is 2.54 bits per heavy atom. The third-order valence-corrected chi connectivity index (χ3v) is 8.10. The summed E-state index contributed by atoms with van der Waals surface area (Å²) in [6.07, 6.45) is -0.253. The van der Waals surface area contributed by atoms with Crippen molar-refractivity contribution in [3.8, 4) is 17.6 Å². The standard InChI is InChI=1S/C27H37N3O4S/c1-21-17-30(22(2)20-31)35(32,33)27-14-13-23(12-9-15-28(3)4)16-25(27)34-26(21)19-29(5)18-24-10-7-6-8-11-24/h6-8,10-11,13-14,16,21-22,26,31H,15,17-20H2,1-5H3/t21-,22-,26-/m0/s1. The lowest BCUT2D eigenvalue weighted by Crippen LogP contribution is -2.49. The minimum absolute atomic E-state index is 0.103. The van der Waals surface area contributed by atoms with Crippen LogP contribution in [0.1, 0.15) is 25.0 Å². The molecule has 1 N–H and O–H groups in total. The molecule has 8 heteroatoms. The number of ether oxygens (including phenoxy) is 1. The van der Waals surface area contributed by atoms with E-state index in [1.165, 1.54) is 9.87 Å². The van der Waals surface area contributed by atoms with Crippen LogP contribution in [-0.2, 0) is 16.6 Å². The second-order valence-electron chi connectivity index (χ2n) is 9.62. The summed E-state index contributed by atoms with van der Waals surface area (Å²) in [5, 5.41) is 9.81. The highest BCUT2D eigenvalue weighted by molar-refractivity contribution is 7.89. The molecule has 35 heavy (non-hydrogen) atoms. The van der Waals surface area contributed by atoms with Crippen molar-refractivity contribution >= 4 is 10.0 Å². The van der Waals surface area contributed by atoms with Crippen LogP contribution in [0.3, 0.4) is 0 Å². The van der Waals surface area contributed by atoms with E-state index in [1.54, 1.807) is 25.1 Å². The normalized spacial score (nSPS) is 20.8. The second-order valence-corrected chi connectivity index (χ2v) is 11.5.